The monoisotopic (exact) mass is 187 g/mol. The maximum Gasteiger partial charge on any atom is 0.105 e. The zero-order chi connectivity index (χ0) is 10.1. The Bertz CT molecular complexity index is 457. The maximum atomic E-state index is 4.26. The first-order chi connectivity index (χ1) is 6.68. The lowest BCUT2D eigenvalue weighted by molar-refractivity contribution is 0.864. The first-order valence-electron chi connectivity index (χ1n) is 4.60. The van der Waals surface area contributed by atoms with Crippen LogP contribution in [-0.2, 0) is 7.05 Å². The van der Waals surface area contributed by atoms with Crippen molar-refractivity contribution >= 4 is 0 Å². The molecule has 0 spiro atoms. The molecule has 0 radical (unpaired) electrons. The molecule has 0 fully saturated rings. The van der Waals surface area contributed by atoms with Crippen LogP contribution in [0.1, 0.15) is 11.5 Å². The Morgan fingerprint density at radius 3 is 2.57 bits per heavy atom. The van der Waals surface area contributed by atoms with Crippen LogP contribution in [0.3, 0.4) is 0 Å². The molecule has 0 unspecified atom stereocenters. The fourth-order valence-corrected chi connectivity index (χ4v) is 1.48. The molecule has 14 heavy (non-hydrogen) atoms. The Labute approximate surface area is 83.4 Å². The van der Waals surface area contributed by atoms with Crippen LogP contribution < -0.4 is 0 Å². The molecule has 3 nitrogen and oxygen atoms in total. The van der Waals surface area contributed by atoms with Crippen molar-refractivity contribution in [2.45, 2.75) is 13.8 Å². The molecule has 3 heteroatoms. The summed E-state index contributed by atoms with van der Waals surface area (Å²) >= 11 is 0. The van der Waals surface area contributed by atoms with Gasteiger partial charge in [-0.05, 0) is 26.0 Å². The standard InChI is InChI=1S/C11H13N3/c1-8-6-10(4-5-12-8)11-7-13-9(2)14(11)3/h4-7H,1-3H3. The fraction of sp³-hybridized carbons (Fsp3) is 0.273. The highest BCUT2D eigenvalue weighted by atomic mass is 15.0. The number of imidazole rings is 1. The molecule has 0 aromatic carbocycles. The molecular formula is C11H13N3. The summed E-state index contributed by atoms with van der Waals surface area (Å²) in [5.41, 5.74) is 3.33. The van der Waals surface area contributed by atoms with Crippen LogP contribution in [0.15, 0.2) is 24.5 Å². The van der Waals surface area contributed by atoms with Gasteiger partial charge in [-0.2, -0.15) is 0 Å². The largest absolute Gasteiger partial charge is 0.331 e. The van der Waals surface area contributed by atoms with E-state index < -0.39 is 0 Å². The van der Waals surface area contributed by atoms with Gasteiger partial charge in [-0.25, -0.2) is 4.98 Å². The van der Waals surface area contributed by atoms with Gasteiger partial charge < -0.3 is 4.57 Å². The van der Waals surface area contributed by atoms with Gasteiger partial charge in [0.2, 0.25) is 0 Å². The smallest absolute Gasteiger partial charge is 0.105 e. The molecule has 0 aliphatic rings. The van der Waals surface area contributed by atoms with E-state index in [0.29, 0.717) is 0 Å². The lowest BCUT2D eigenvalue weighted by atomic mass is 10.2. The van der Waals surface area contributed by atoms with E-state index in [1.54, 1.807) is 0 Å². The highest BCUT2D eigenvalue weighted by Gasteiger charge is 2.04. The van der Waals surface area contributed by atoms with Crippen molar-refractivity contribution in [3.05, 3.63) is 36.0 Å². The van der Waals surface area contributed by atoms with Crippen molar-refractivity contribution < 1.29 is 0 Å². The van der Waals surface area contributed by atoms with Crippen molar-refractivity contribution in [1.29, 1.82) is 0 Å². The van der Waals surface area contributed by atoms with Gasteiger partial charge in [0.15, 0.2) is 0 Å². The van der Waals surface area contributed by atoms with E-state index in [0.717, 1.165) is 17.2 Å². The molecule has 0 aliphatic carbocycles. The topological polar surface area (TPSA) is 30.7 Å². The maximum absolute atomic E-state index is 4.26. The van der Waals surface area contributed by atoms with Crippen LogP contribution in [0.25, 0.3) is 11.3 Å². The molecule has 0 amide bonds. The number of hydrogen-bond donors (Lipinski definition) is 0. The Hall–Kier alpha value is -1.64. The predicted molar refractivity (Wildman–Crippen MR) is 55.9 cm³/mol. The van der Waals surface area contributed by atoms with Gasteiger partial charge in [-0.15, -0.1) is 0 Å². The number of aromatic nitrogens is 3. The number of aryl methyl sites for hydroxylation is 2. The molecule has 0 aliphatic heterocycles. The third kappa shape index (κ3) is 1.41. The van der Waals surface area contributed by atoms with Crippen molar-refractivity contribution in [2.75, 3.05) is 0 Å². The second-order valence-electron chi connectivity index (χ2n) is 3.44. The number of pyridine rings is 1. The van der Waals surface area contributed by atoms with E-state index in [-0.39, 0.29) is 0 Å². The minimum absolute atomic E-state index is 1.02. The van der Waals surface area contributed by atoms with Crippen molar-refractivity contribution in [3.8, 4) is 11.3 Å². The normalized spacial score (nSPS) is 10.5. The van der Waals surface area contributed by atoms with E-state index in [1.165, 1.54) is 5.56 Å². The van der Waals surface area contributed by atoms with Gasteiger partial charge in [0.1, 0.15) is 5.82 Å². The van der Waals surface area contributed by atoms with Crippen molar-refractivity contribution in [2.24, 2.45) is 7.05 Å². The van der Waals surface area contributed by atoms with Crippen LogP contribution in [0.2, 0.25) is 0 Å². The molecule has 2 heterocycles. The number of hydrogen-bond acceptors (Lipinski definition) is 2. The van der Waals surface area contributed by atoms with E-state index >= 15 is 0 Å². The lowest BCUT2D eigenvalue weighted by Crippen LogP contribution is -1.94. The minimum atomic E-state index is 1.02. The summed E-state index contributed by atoms with van der Waals surface area (Å²) in [5, 5.41) is 0. The Balaban J connectivity index is 2.55. The molecule has 0 N–H and O–H groups in total. The molecule has 0 bridgehead atoms. The highest BCUT2D eigenvalue weighted by molar-refractivity contribution is 5.59. The summed E-state index contributed by atoms with van der Waals surface area (Å²) in [4.78, 5) is 8.44. The molecule has 0 saturated heterocycles. The van der Waals surface area contributed by atoms with E-state index in [1.807, 2.05) is 39.4 Å². The fourth-order valence-electron chi connectivity index (χ4n) is 1.48. The lowest BCUT2D eigenvalue weighted by Gasteiger charge is -2.03. The number of nitrogens with zero attached hydrogens (tertiary/aromatic N) is 3. The van der Waals surface area contributed by atoms with Crippen LogP contribution in [0, 0.1) is 13.8 Å². The molecule has 2 aromatic heterocycles. The van der Waals surface area contributed by atoms with E-state index in [9.17, 15) is 0 Å². The molecule has 2 rings (SSSR count). The summed E-state index contributed by atoms with van der Waals surface area (Å²) in [5.74, 6) is 1.02. The molecule has 0 saturated carbocycles. The van der Waals surface area contributed by atoms with Crippen LogP contribution in [0.5, 0.6) is 0 Å². The quantitative estimate of drug-likeness (QED) is 0.684. The Kier molecular flexibility index (Phi) is 2.08. The zero-order valence-electron chi connectivity index (χ0n) is 8.65. The van der Waals surface area contributed by atoms with Gasteiger partial charge in [0, 0.05) is 24.5 Å². The van der Waals surface area contributed by atoms with Crippen molar-refractivity contribution in [1.82, 2.24) is 14.5 Å². The van der Waals surface area contributed by atoms with Crippen LogP contribution in [-0.4, -0.2) is 14.5 Å². The second kappa shape index (κ2) is 3.25. The van der Waals surface area contributed by atoms with Crippen LogP contribution in [0.4, 0.5) is 0 Å². The SMILES string of the molecule is Cc1cc(-c2cnc(C)n2C)ccn1. The highest BCUT2D eigenvalue weighted by Crippen LogP contribution is 2.19. The first kappa shape index (κ1) is 8.94. The molecular weight excluding hydrogens is 174 g/mol. The van der Waals surface area contributed by atoms with Gasteiger partial charge in [0.25, 0.3) is 0 Å². The van der Waals surface area contributed by atoms with Crippen LogP contribution >= 0.6 is 0 Å². The van der Waals surface area contributed by atoms with Gasteiger partial charge >= 0.3 is 0 Å². The Morgan fingerprint density at radius 1 is 1.21 bits per heavy atom. The zero-order valence-corrected chi connectivity index (χ0v) is 8.65. The van der Waals surface area contributed by atoms with Crippen molar-refractivity contribution in [3.63, 3.8) is 0 Å². The molecule has 0 atom stereocenters. The summed E-state index contributed by atoms with van der Waals surface area (Å²) in [6, 6.07) is 4.07. The summed E-state index contributed by atoms with van der Waals surface area (Å²) in [6.07, 6.45) is 3.72. The number of rotatable bonds is 1. The van der Waals surface area contributed by atoms with Gasteiger partial charge in [-0.1, -0.05) is 0 Å². The molecule has 2 aromatic rings. The summed E-state index contributed by atoms with van der Waals surface area (Å²) in [7, 11) is 2.02. The average molecular weight is 187 g/mol. The third-order valence-electron chi connectivity index (χ3n) is 2.41. The predicted octanol–water partition coefficient (Wildman–Crippen LogP) is 2.10. The Morgan fingerprint density at radius 2 is 2.00 bits per heavy atom. The second-order valence-corrected chi connectivity index (χ2v) is 3.44. The van der Waals surface area contributed by atoms with Gasteiger partial charge in [-0.3, -0.25) is 4.98 Å². The summed E-state index contributed by atoms with van der Waals surface area (Å²) in [6.45, 7) is 3.99. The van der Waals surface area contributed by atoms with Gasteiger partial charge in [0.05, 0.1) is 11.9 Å². The third-order valence-corrected chi connectivity index (χ3v) is 2.41. The molecule has 72 valence electrons. The summed E-state index contributed by atoms with van der Waals surface area (Å²) < 4.78 is 2.08. The average Bonchev–Trinajstić information content (AvgIpc) is 2.48. The minimum Gasteiger partial charge on any atom is -0.331 e. The van der Waals surface area contributed by atoms with E-state index in [2.05, 4.69) is 20.6 Å². The first-order valence-corrected chi connectivity index (χ1v) is 4.60. The van der Waals surface area contributed by atoms with E-state index in [4.69, 9.17) is 0 Å².